The molecule has 5 nitrogen and oxygen atoms in total. The van der Waals surface area contributed by atoms with Gasteiger partial charge in [0.2, 0.25) is 0 Å². The van der Waals surface area contributed by atoms with Gasteiger partial charge in [0.05, 0.1) is 12.2 Å². The molecule has 0 aliphatic carbocycles. The van der Waals surface area contributed by atoms with Crippen LogP contribution in [-0.4, -0.2) is 48.1 Å². The summed E-state index contributed by atoms with van der Waals surface area (Å²) in [7, 11) is 0. The van der Waals surface area contributed by atoms with E-state index >= 15 is 0 Å². The molecule has 1 aliphatic heterocycles. The van der Waals surface area contributed by atoms with E-state index in [2.05, 4.69) is 9.88 Å². The van der Waals surface area contributed by atoms with Crippen LogP contribution in [0.3, 0.4) is 0 Å². The van der Waals surface area contributed by atoms with Crippen LogP contribution in [0.1, 0.15) is 36.5 Å². The van der Waals surface area contributed by atoms with E-state index in [0.29, 0.717) is 38.8 Å². The SMILES string of the molecule is CC(=O)OCCC1CN(Cc2ccccc2)CCN1c1cc(C(F)F)c(C(F)(F)F)cn1. The van der Waals surface area contributed by atoms with Gasteiger partial charge in [0.15, 0.2) is 0 Å². The van der Waals surface area contributed by atoms with Gasteiger partial charge in [-0.2, -0.15) is 13.2 Å². The van der Waals surface area contributed by atoms with Gasteiger partial charge in [-0.05, 0) is 11.6 Å². The van der Waals surface area contributed by atoms with E-state index in [1.807, 2.05) is 30.3 Å². The molecule has 1 unspecified atom stereocenters. The lowest BCUT2D eigenvalue weighted by Gasteiger charge is -2.42. The van der Waals surface area contributed by atoms with Crippen molar-refractivity contribution >= 4 is 11.8 Å². The topological polar surface area (TPSA) is 45.7 Å². The predicted octanol–water partition coefficient (Wildman–Crippen LogP) is 4.68. The van der Waals surface area contributed by atoms with Crippen molar-refractivity contribution in [3.8, 4) is 0 Å². The van der Waals surface area contributed by atoms with Gasteiger partial charge in [0.25, 0.3) is 6.43 Å². The molecular weight excluding hydrogens is 433 g/mol. The number of aromatic nitrogens is 1. The highest BCUT2D eigenvalue weighted by atomic mass is 19.4. The molecule has 174 valence electrons. The second-order valence-corrected chi connectivity index (χ2v) is 7.62. The second kappa shape index (κ2) is 10.2. The number of pyridine rings is 1. The molecule has 1 saturated heterocycles. The van der Waals surface area contributed by atoms with Crippen molar-refractivity contribution in [3.05, 3.63) is 59.3 Å². The van der Waals surface area contributed by atoms with Crippen molar-refractivity contribution in [2.24, 2.45) is 0 Å². The van der Waals surface area contributed by atoms with Gasteiger partial charge in [-0.15, -0.1) is 0 Å². The number of ether oxygens (including phenoxy) is 1. The number of hydrogen-bond acceptors (Lipinski definition) is 5. The van der Waals surface area contributed by atoms with Crippen LogP contribution in [0.25, 0.3) is 0 Å². The lowest BCUT2D eigenvalue weighted by atomic mass is 10.1. The summed E-state index contributed by atoms with van der Waals surface area (Å²) < 4.78 is 71.2. The van der Waals surface area contributed by atoms with Crippen LogP contribution < -0.4 is 4.90 Å². The molecule has 1 aromatic heterocycles. The number of carbonyl (C=O) groups is 1. The maximum atomic E-state index is 13.4. The number of anilines is 1. The van der Waals surface area contributed by atoms with Crippen LogP contribution in [0.2, 0.25) is 0 Å². The number of nitrogens with zero attached hydrogens (tertiary/aromatic N) is 3. The van der Waals surface area contributed by atoms with Crippen LogP contribution in [0, 0.1) is 0 Å². The van der Waals surface area contributed by atoms with E-state index in [9.17, 15) is 26.7 Å². The first kappa shape index (κ1) is 23.9. The lowest BCUT2D eigenvalue weighted by Crippen LogP contribution is -2.53. The Labute approximate surface area is 182 Å². The minimum Gasteiger partial charge on any atom is -0.466 e. The summed E-state index contributed by atoms with van der Waals surface area (Å²) in [4.78, 5) is 18.9. The third-order valence-electron chi connectivity index (χ3n) is 5.33. The van der Waals surface area contributed by atoms with E-state index < -0.39 is 29.7 Å². The highest BCUT2D eigenvalue weighted by Gasteiger charge is 2.37. The van der Waals surface area contributed by atoms with Crippen LogP contribution in [-0.2, 0) is 22.3 Å². The van der Waals surface area contributed by atoms with Crippen LogP contribution in [0.5, 0.6) is 0 Å². The molecule has 0 N–H and O–H groups in total. The fourth-order valence-electron chi connectivity index (χ4n) is 3.83. The van der Waals surface area contributed by atoms with Gasteiger partial charge in [-0.3, -0.25) is 9.69 Å². The number of halogens is 5. The molecule has 0 saturated carbocycles. The van der Waals surface area contributed by atoms with E-state index in [1.165, 1.54) is 6.92 Å². The molecule has 0 bridgehead atoms. The second-order valence-electron chi connectivity index (χ2n) is 7.62. The largest absolute Gasteiger partial charge is 0.466 e. The summed E-state index contributed by atoms with van der Waals surface area (Å²) in [6, 6.07) is 10.3. The summed E-state index contributed by atoms with van der Waals surface area (Å²) in [5.41, 5.74) is -1.42. The standard InChI is InChI=1S/C22H24F5N3O2/c1-15(31)32-10-7-17-14-29(13-16-5-3-2-4-6-16)8-9-30(17)20-11-18(21(23)24)19(12-28-20)22(25,26)27/h2-6,11-12,17,21H,7-10,13-14H2,1H3. The Kier molecular flexibility index (Phi) is 7.65. The van der Waals surface area contributed by atoms with Gasteiger partial charge in [0.1, 0.15) is 5.82 Å². The average molecular weight is 457 g/mol. The molecule has 32 heavy (non-hydrogen) atoms. The number of hydrogen-bond donors (Lipinski definition) is 0. The first-order chi connectivity index (χ1) is 15.1. The maximum absolute atomic E-state index is 13.4. The zero-order chi connectivity index (χ0) is 23.3. The number of piperazine rings is 1. The first-order valence-corrected chi connectivity index (χ1v) is 10.2. The number of rotatable bonds is 7. The molecule has 0 amide bonds. The Hall–Kier alpha value is -2.75. The molecule has 2 aromatic rings. The normalized spacial score (nSPS) is 17.6. The molecule has 3 rings (SSSR count). The Balaban J connectivity index is 1.83. The van der Waals surface area contributed by atoms with E-state index in [1.54, 1.807) is 4.90 Å². The van der Waals surface area contributed by atoms with E-state index in [-0.39, 0.29) is 18.5 Å². The maximum Gasteiger partial charge on any atom is 0.418 e. The number of alkyl halides is 5. The Morgan fingerprint density at radius 1 is 1.22 bits per heavy atom. The van der Waals surface area contributed by atoms with Crippen molar-refractivity contribution in [2.75, 3.05) is 31.1 Å². The van der Waals surface area contributed by atoms with Crippen molar-refractivity contribution in [2.45, 2.75) is 38.5 Å². The number of carbonyl (C=O) groups excluding carboxylic acids is 1. The highest BCUT2D eigenvalue weighted by molar-refractivity contribution is 5.65. The molecular formula is C22H24F5N3O2. The molecule has 1 fully saturated rings. The smallest absolute Gasteiger partial charge is 0.418 e. The molecule has 1 aromatic carbocycles. The summed E-state index contributed by atoms with van der Waals surface area (Å²) in [5, 5.41) is 0. The Bertz CT molecular complexity index is 908. The molecule has 1 atom stereocenters. The van der Waals surface area contributed by atoms with Crippen molar-refractivity contribution in [1.82, 2.24) is 9.88 Å². The fourth-order valence-corrected chi connectivity index (χ4v) is 3.83. The fraction of sp³-hybridized carbons (Fsp3) is 0.455. The highest BCUT2D eigenvalue weighted by Crippen LogP contribution is 2.37. The van der Waals surface area contributed by atoms with Crippen LogP contribution in [0.4, 0.5) is 27.8 Å². The lowest BCUT2D eigenvalue weighted by molar-refractivity contribution is -0.141. The van der Waals surface area contributed by atoms with Crippen molar-refractivity contribution in [1.29, 1.82) is 0 Å². The predicted molar refractivity (Wildman–Crippen MR) is 108 cm³/mol. The monoisotopic (exact) mass is 457 g/mol. The Morgan fingerprint density at radius 3 is 2.56 bits per heavy atom. The number of esters is 1. The van der Waals surface area contributed by atoms with Gasteiger partial charge < -0.3 is 9.64 Å². The van der Waals surface area contributed by atoms with Gasteiger partial charge in [0, 0.05) is 57.3 Å². The van der Waals surface area contributed by atoms with Crippen molar-refractivity contribution in [3.63, 3.8) is 0 Å². The molecule has 1 aliphatic rings. The first-order valence-electron chi connectivity index (χ1n) is 10.2. The zero-order valence-electron chi connectivity index (χ0n) is 17.5. The molecule has 2 heterocycles. The summed E-state index contributed by atoms with van der Waals surface area (Å²) in [6.07, 6.45) is -7.35. The third kappa shape index (κ3) is 6.15. The Morgan fingerprint density at radius 2 is 1.94 bits per heavy atom. The average Bonchev–Trinajstić information content (AvgIpc) is 2.73. The minimum atomic E-state index is -4.92. The summed E-state index contributed by atoms with van der Waals surface area (Å²) in [6.45, 7) is 3.54. The number of benzene rings is 1. The van der Waals surface area contributed by atoms with Crippen LogP contribution >= 0.6 is 0 Å². The summed E-state index contributed by atoms with van der Waals surface area (Å²) in [5.74, 6) is -0.387. The van der Waals surface area contributed by atoms with E-state index in [4.69, 9.17) is 4.74 Å². The van der Waals surface area contributed by atoms with Gasteiger partial charge >= 0.3 is 12.1 Å². The minimum absolute atomic E-state index is 0.0560. The van der Waals surface area contributed by atoms with Gasteiger partial charge in [-0.25, -0.2) is 13.8 Å². The molecule has 10 heteroatoms. The van der Waals surface area contributed by atoms with Crippen molar-refractivity contribution < 1.29 is 31.5 Å². The summed E-state index contributed by atoms with van der Waals surface area (Å²) >= 11 is 0. The molecule has 0 radical (unpaired) electrons. The quantitative estimate of drug-likeness (QED) is 0.446. The third-order valence-corrected chi connectivity index (χ3v) is 5.33. The zero-order valence-corrected chi connectivity index (χ0v) is 17.5. The van der Waals surface area contributed by atoms with Crippen LogP contribution in [0.15, 0.2) is 42.6 Å². The van der Waals surface area contributed by atoms with E-state index in [0.717, 1.165) is 11.6 Å². The molecule has 0 spiro atoms. The van der Waals surface area contributed by atoms with Gasteiger partial charge in [-0.1, -0.05) is 30.3 Å².